The summed E-state index contributed by atoms with van der Waals surface area (Å²) in [6.45, 7) is 5.92. The molecular weight excluding hydrogens is 410 g/mol. The molecule has 2 heterocycles. The fraction of sp³-hybridized carbons (Fsp3) is 0.280. The monoisotopic (exact) mass is 437 g/mol. The van der Waals surface area contributed by atoms with E-state index in [1.165, 1.54) is 27.9 Å². The molecule has 0 spiro atoms. The van der Waals surface area contributed by atoms with Crippen molar-refractivity contribution >= 4 is 29.6 Å². The van der Waals surface area contributed by atoms with Crippen molar-refractivity contribution in [3.8, 4) is 0 Å². The number of rotatable bonds is 5. The van der Waals surface area contributed by atoms with Crippen LogP contribution in [0, 0.1) is 6.92 Å². The van der Waals surface area contributed by atoms with Crippen LogP contribution in [0.4, 0.5) is 11.5 Å². The molecule has 5 nitrogen and oxygen atoms in total. The molecule has 1 aliphatic heterocycles. The maximum Gasteiger partial charge on any atom is 0.290 e. The van der Waals surface area contributed by atoms with Gasteiger partial charge in [-0.25, -0.2) is 4.98 Å². The Morgan fingerprint density at radius 1 is 1.23 bits per heavy atom. The van der Waals surface area contributed by atoms with Crippen molar-refractivity contribution in [2.45, 2.75) is 39.3 Å². The lowest BCUT2D eigenvalue weighted by atomic mass is 10.0. The highest BCUT2D eigenvalue weighted by Gasteiger charge is 2.22. The van der Waals surface area contributed by atoms with E-state index in [0.717, 1.165) is 36.8 Å². The number of hydrogen-bond donors (Lipinski definition) is 2. The highest BCUT2D eigenvalue weighted by molar-refractivity contribution is 6.30. The number of halogens is 1. The number of hydrogen-bond acceptors (Lipinski definition) is 4. The first-order chi connectivity index (χ1) is 15.0. The molecule has 6 heteroatoms. The molecule has 0 bridgehead atoms. The lowest BCUT2D eigenvalue weighted by Gasteiger charge is -2.33. The first kappa shape index (κ1) is 22.6. The van der Waals surface area contributed by atoms with Crippen molar-refractivity contribution in [3.05, 3.63) is 88.1 Å². The van der Waals surface area contributed by atoms with E-state index in [1.807, 2.05) is 24.4 Å². The summed E-state index contributed by atoms with van der Waals surface area (Å²) in [5.74, 6) is 0.965. The quantitative estimate of drug-likeness (QED) is 0.488. The van der Waals surface area contributed by atoms with E-state index in [9.17, 15) is 0 Å². The van der Waals surface area contributed by atoms with E-state index in [0.29, 0.717) is 0 Å². The van der Waals surface area contributed by atoms with Crippen molar-refractivity contribution in [1.82, 2.24) is 4.98 Å². The number of anilines is 2. The van der Waals surface area contributed by atoms with Crippen LogP contribution in [0.1, 0.15) is 41.6 Å². The van der Waals surface area contributed by atoms with Gasteiger partial charge >= 0.3 is 0 Å². The molecule has 0 amide bonds. The van der Waals surface area contributed by atoms with E-state index in [2.05, 4.69) is 60.5 Å². The lowest BCUT2D eigenvalue weighted by Crippen LogP contribution is -2.30. The molecule has 0 radical (unpaired) electrons. The van der Waals surface area contributed by atoms with Gasteiger partial charge < -0.3 is 15.3 Å². The van der Waals surface area contributed by atoms with Gasteiger partial charge in [0.05, 0.1) is 11.7 Å². The third kappa shape index (κ3) is 5.98. The summed E-state index contributed by atoms with van der Waals surface area (Å²) in [5.41, 5.74) is 6.36. The Bertz CT molecular complexity index is 1010. The zero-order chi connectivity index (χ0) is 22.2. The summed E-state index contributed by atoms with van der Waals surface area (Å²) in [5, 5.41) is 11.3. The zero-order valence-electron chi connectivity index (χ0n) is 17.9. The van der Waals surface area contributed by atoms with Crippen LogP contribution in [-0.4, -0.2) is 23.1 Å². The van der Waals surface area contributed by atoms with Gasteiger partial charge in [0.25, 0.3) is 6.47 Å². The molecule has 31 heavy (non-hydrogen) atoms. The summed E-state index contributed by atoms with van der Waals surface area (Å²) >= 11 is 6.20. The molecular formula is C25H28ClN3O2. The Morgan fingerprint density at radius 3 is 2.68 bits per heavy atom. The Labute approximate surface area is 188 Å². The molecule has 1 aliphatic rings. The molecule has 4 rings (SSSR count). The van der Waals surface area contributed by atoms with E-state index in [-0.39, 0.29) is 12.5 Å². The minimum Gasteiger partial charge on any atom is -0.483 e. The van der Waals surface area contributed by atoms with Gasteiger partial charge in [-0.15, -0.1) is 0 Å². The predicted molar refractivity (Wildman–Crippen MR) is 127 cm³/mol. The second-order valence-electron chi connectivity index (χ2n) is 7.70. The van der Waals surface area contributed by atoms with Crippen LogP contribution in [0.5, 0.6) is 0 Å². The Hall–Kier alpha value is -3.05. The molecule has 1 atom stereocenters. The first-order valence-corrected chi connectivity index (χ1v) is 10.8. The van der Waals surface area contributed by atoms with Crippen molar-refractivity contribution in [3.63, 3.8) is 0 Å². The molecule has 0 saturated carbocycles. The number of carbonyl (C=O) groups is 1. The van der Waals surface area contributed by atoms with Crippen LogP contribution >= 0.6 is 11.6 Å². The number of pyridine rings is 1. The standard InChI is InChI=1S/C24H26ClN3.CH2O2/c1-17-8-10-20(11-9-17)18(2)27-24-23-21(12-13-26-24)6-4-14-28(23)16-19-5-3-7-22(25)15-19;2-1-3/h3,5,7-13,15,18H,4,6,14,16H2,1-2H3,(H,26,27);1H,(H,2,3). The summed E-state index contributed by atoms with van der Waals surface area (Å²) in [4.78, 5) is 15.5. The van der Waals surface area contributed by atoms with Crippen LogP contribution in [0.2, 0.25) is 5.02 Å². The van der Waals surface area contributed by atoms with Crippen LogP contribution in [0.25, 0.3) is 0 Å². The Balaban J connectivity index is 0.000000858. The summed E-state index contributed by atoms with van der Waals surface area (Å²) < 4.78 is 0. The van der Waals surface area contributed by atoms with Crippen molar-refractivity contribution in [1.29, 1.82) is 0 Å². The van der Waals surface area contributed by atoms with E-state index in [1.54, 1.807) is 0 Å². The molecule has 0 aliphatic carbocycles. The summed E-state index contributed by atoms with van der Waals surface area (Å²) in [6.07, 6.45) is 4.17. The molecule has 1 aromatic heterocycles. The number of carboxylic acid groups (broad SMARTS) is 1. The van der Waals surface area contributed by atoms with Gasteiger partial charge in [-0.1, -0.05) is 53.6 Å². The predicted octanol–water partition coefficient (Wildman–Crippen LogP) is 5.87. The van der Waals surface area contributed by atoms with Crippen LogP contribution < -0.4 is 10.2 Å². The topological polar surface area (TPSA) is 65.5 Å². The molecule has 2 N–H and O–H groups in total. The van der Waals surface area contributed by atoms with Gasteiger partial charge in [0.2, 0.25) is 0 Å². The van der Waals surface area contributed by atoms with Crippen LogP contribution in [0.15, 0.2) is 60.8 Å². The van der Waals surface area contributed by atoms with E-state index < -0.39 is 0 Å². The molecule has 0 fully saturated rings. The number of aromatic nitrogens is 1. The van der Waals surface area contributed by atoms with Crippen molar-refractivity contribution < 1.29 is 9.90 Å². The minimum atomic E-state index is -0.250. The lowest BCUT2D eigenvalue weighted by molar-refractivity contribution is -0.122. The largest absolute Gasteiger partial charge is 0.483 e. The molecule has 162 valence electrons. The minimum absolute atomic E-state index is 0.189. The van der Waals surface area contributed by atoms with E-state index in [4.69, 9.17) is 26.5 Å². The average Bonchev–Trinajstić information content (AvgIpc) is 2.75. The van der Waals surface area contributed by atoms with Gasteiger partial charge in [-0.2, -0.15) is 0 Å². The fourth-order valence-corrected chi connectivity index (χ4v) is 4.10. The maximum absolute atomic E-state index is 8.36. The number of nitrogens with zero attached hydrogens (tertiary/aromatic N) is 2. The SMILES string of the molecule is Cc1ccc(C(C)Nc2nccc3c2N(Cc2cccc(Cl)c2)CCC3)cc1.O=CO. The summed E-state index contributed by atoms with van der Waals surface area (Å²) in [6, 6.07) is 19.2. The molecule has 1 unspecified atom stereocenters. The van der Waals surface area contributed by atoms with Crippen molar-refractivity contribution in [2.75, 3.05) is 16.8 Å². The van der Waals surface area contributed by atoms with Crippen molar-refractivity contribution in [2.24, 2.45) is 0 Å². The molecule has 2 aromatic carbocycles. The third-order valence-electron chi connectivity index (χ3n) is 5.39. The maximum atomic E-state index is 8.36. The second-order valence-corrected chi connectivity index (χ2v) is 8.14. The van der Waals surface area contributed by atoms with Crippen LogP contribution in [-0.2, 0) is 17.8 Å². The van der Waals surface area contributed by atoms with E-state index >= 15 is 0 Å². The van der Waals surface area contributed by atoms with Gasteiger partial charge in [-0.05, 0) is 61.6 Å². The Morgan fingerprint density at radius 2 is 1.97 bits per heavy atom. The fourth-order valence-electron chi connectivity index (χ4n) is 3.88. The number of nitrogens with one attached hydrogen (secondary N) is 1. The first-order valence-electron chi connectivity index (χ1n) is 10.4. The van der Waals surface area contributed by atoms with Gasteiger partial charge in [0, 0.05) is 24.3 Å². The van der Waals surface area contributed by atoms with Crippen LogP contribution in [0.3, 0.4) is 0 Å². The number of benzene rings is 2. The number of aryl methyl sites for hydroxylation is 2. The second kappa shape index (κ2) is 10.8. The highest BCUT2D eigenvalue weighted by Crippen LogP contribution is 2.36. The Kier molecular flexibility index (Phi) is 7.90. The number of fused-ring (bicyclic) bond motifs is 1. The average molecular weight is 438 g/mol. The van der Waals surface area contributed by atoms with Gasteiger partial charge in [0.1, 0.15) is 5.82 Å². The van der Waals surface area contributed by atoms with Gasteiger partial charge in [-0.3, -0.25) is 4.79 Å². The molecule has 0 saturated heterocycles. The van der Waals surface area contributed by atoms with Gasteiger partial charge in [0.15, 0.2) is 0 Å². The molecule has 3 aromatic rings. The smallest absolute Gasteiger partial charge is 0.290 e. The highest BCUT2D eigenvalue weighted by atomic mass is 35.5. The normalized spacial score (nSPS) is 13.5. The zero-order valence-corrected chi connectivity index (χ0v) is 18.6. The third-order valence-corrected chi connectivity index (χ3v) is 5.63. The summed E-state index contributed by atoms with van der Waals surface area (Å²) in [7, 11) is 0.